The highest BCUT2D eigenvalue weighted by molar-refractivity contribution is 5.93. The average molecular weight is 589 g/mol. The van der Waals surface area contributed by atoms with Crippen LogP contribution in [-0.4, -0.2) is 78.8 Å². The summed E-state index contributed by atoms with van der Waals surface area (Å²) in [5, 5.41) is 15.7. The molecule has 1 aliphatic rings. The lowest BCUT2D eigenvalue weighted by Crippen LogP contribution is -2.48. The van der Waals surface area contributed by atoms with Crippen molar-refractivity contribution in [2.75, 3.05) is 44.5 Å². The van der Waals surface area contributed by atoms with E-state index < -0.39 is 12.1 Å². The van der Waals surface area contributed by atoms with Crippen LogP contribution in [-0.2, 0) is 22.4 Å². The van der Waals surface area contributed by atoms with E-state index in [1.807, 2.05) is 37.3 Å². The molecule has 3 aromatic carbocycles. The highest BCUT2D eigenvalue weighted by Crippen LogP contribution is 2.29. The molecule has 43 heavy (non-hydrogen) atoms. The molecule has 228 valence electrons. The van der Waals surface area contributed by atoms with E-state index in [9.17, 15) is 19.5 Å². The number of rotatable bonds is 9. The summed E-state index contributed by atoms with van der Waals surface area (Å²) in [6.07, 6.45) is -0.210. The highest BCUT2D eigenvalue weighted by atomic mass is 16.5. The van der Waals surface area contributed by atoms with E-state index in [1.54, 1.807) is 73.3 Å². The number of anilines is 2. The van der Waals surface area contributed by atoms with Gasteiger partial charge in [0.1, 0.15) is 17.6 Å². The molecule has 0 unspecified atom stereocenters. The number of benzene rings is 3. The Morgan fingerprint density at radius 2 is 1.77 bits per heavy atom. The summed E-state index contributed by atoms with van der Waals surface area (Å²) in [6, 6.07) is 21.1. The van der Waals surface area contributed by atoms with Crippen LogP contribution in [0.2, 0.25) is 0 Å². The first-order chi connectivity index (χ1) is 20.7. The van der Waals surface area contributed by atoms with Gasteiger partial charge in [0.05, 0.1) is 39.1 Å². The molecule has 0 bridgehead atoms. The number of aliphatic hydroxyl groups is 1. The minimum absolute atomic E-state index is 0.0370. The van der Waals surface area contributed by atoms with Crippen molar-refractivity contribution in [3.63, 3.8) is 0 Å². The van der Waals surface area contributed by atoms with Crippen LogP contribution < -0.4 is 20.1 Å². The molecular formula is C33H40N4O6. The van der Waals surface area contributed by atoms with Gasteiger partial charge in [0, 0.05) is 36.4 Å². The Hall–Kier alpha value is -4.57. The molecule has 3 N–H and O–H groups in total. The largest absolute Gasteiger partial charge is 0.497 e. The number of amides is 4. The van der Waals surface area contributed by atoms with E-state index in [0.29, 0.717) is 35.0 Å². The van der Waals surface area contributed by atoms with Crippen LogP contribution >= 0.6 is 0 Å². The molecule has 10 nitrogen and oxygen atoms in total. The number of aliphatic hydroxyl groups excluding tert-OH is 1. The number of carbonyl (C=O) groups excluding carboxylic acids is 3. The van der Waals surface area contributed by atoms with Crippen molar-refractivity contribution in [2.45, 2.75) is 38.8 Å². The lowest BCUT2D eigenvalue weighted by molar-refractivity contribution is -0.134. The number of hydrogen-bond donors (Lipinski definition) is 3. The predicted molar refractivity (Wildman–Crippen MR) is 165 cm³/mol. The zero-order valence-electron chi connectivity index (χ0n) is 25.1. The number of likely N-dealkylation sites (N-methyl/N-ethyl adjacent to an activating group) is 1. The van der Waals surface area contributed by atoms with Crippen LogP contribution in [0.5, 0.6) is 11.5 Å². The van der Waals surface area contributed by atoms with Gasteiger partial charge >= 0.3 is 6.03 Å². The topological polar surface area (TPSA) is 120 Å². The van der Waals surface area contributed by atoms with Crippen molar-refractivity contribution in [1.82, 2.24) is 9.80 Å². The normalized spacial score (nSPS) is 17.3. The maximum absolute atomic E-state index is 13.5. The lowest BCUT2D eigenvalue weighted by atomic mass is 10.0. The van der Waals surface area contributed by atoms with Gasteiger partial charge < -0.3 is 35.0 Å². The molecule has 4 rings (SSSR count). The van der Waals surface area contributed by atoms with Crippen molar-refractivity contribution in [1.29, 1.82) is 0 Å². The van der Waals surface area contributed by atoms with Crippen LogP contribution in [0.4, 0.5) is 16.2 Å². The van der Waals surface area contributed by atoms with Crippen molar-refractivity contribution in [2.24, 2.45) is 5.92 Å². The Balaban J connectivity index is 1.54. The van der Waals surface area contributed by atoms with Crippen molar-refractivity contribution in [3.05, 3.63) is 83.9 Å². The number of nitrogens with zero attached hydrogens (tertiary/aromatic N) is 2. The van der Waals surface area contributed by atoms with Crippen molar-refractivity contribution in [3.8, 4) is 11.5 Å². The molecule has 1 aliphatic heterocycles. The Labute approximate surface area is 252 Å². The molecule has 4 amide bonds. The summed E-state index contributed by atoms with van der Waals surface area (Å²) in [5.41, 5.74) is 2.69. The highest BCUT2D eigenvalue weighted by Gasteiger charge is 2.32. The molecule has 0 radical (unpaired) electrons. The second-order valence-corrected chi connectivity index (χ2v) is 11.0. The van der Waals surface area contributed by atoms with Crippen molar-refractivity contribution < 1.29 is 29.0 Å². The van der Waals surface area contributed by atoms with Crippen LogP contribution in [0.15, 0.2) is 72.8 Å². The number of carbonyl (C=O) groups is 3. The van der Waals surface area contributed by atoms with E-state index in [4.69, 9.17) is 9.47 Å². The lowest BCUT2D eigenvalue weighted by Gasteiger charge is -2.34. The van der Waals surface area contributed by atoms with Gasteiger partial charge in [-0.05, 0) is 55.0 Å². The zero-order valence-corrected chi connectivity index (χ0v) is 25.1. The molecular weight excluding hydrogens is 548 g/mol. The first-order valence-electron chi connectivity index (χ1n) is 14.4. The summed E-state index contributed by atoms with van der Waals surface area (Å²) in [6.45, 7) is 4.17. The SMILES string of the molecule is COc1ccc(NC(=O)N(C)C[C@H]2Oc3ccc(NC(=O)Cc4ccccc4)cc3CC(=O)N([C@H](C)CO)C[C@H]2C)cc1. The van der Waals surface area contributed by atoms with Crippen LogP contribution in [0.25, 0.3) is 0 Å². The van der Waals surface area contributed by atoms with Crippen LogP contribution in [0, 0.1) is 5.92 Å². The summed E-state index contributed by atoms with van der Waals surface area (Å²) < 4.78 is 11.7. The fraction of sp³-hybridized carbons (Fsp3) is 0.364. The second kappa shape index (κ2) is 14.6. The smallest absolute Gasteiger partial charge is 0.321 e. The number of hydrogen-bond acceptors (Lipinski definition) is 6. The monoisotopic (exact) mass is 588 g/mol. The Bertz CT molecular complexity index is 1400. The van der Waals surface area contributed by atoms with E-state index in [2.05, 4.69) is 10.6 Å². The second-order valence-electron chi connectivity index (χ2n) is 11.0. The van der Waals surface area contributed by atoms with E-state index in [-0.39, 0.29) is 49.8 Å². The van der Waals surface area contributed by atoms with Gasteiger partial charge in [0.2, 0.25) is 11.8 Å². The first-order valence-corrected chi connectivity index (χ1v) is 14.4. The minimum Gasteiger partial charge on any atom is -0.497 e. The summed E-state index contributed by atoms with van der Waals surface area (Å²) in [7, 11) is 3.27. The van der Waals surface area contributed by atoms with E-state index in [0.717, 1.165) is 5.56 Å². The molecule has 0 fully saturated rings. The molecule has 10 heteroatoms. The zero-order chi connectivity index (χ0) is 30.9. The fourth-order valence-electron chi connectivity index (χ4n) is 4.96. The van der Waals surface area contributed by atoms with Gasteiger partial charge in [-0.15, -0.1) is 0 Å². The summed E-state index contributed by atoms with van der Waals surface area (Å²) in [4.78, 5) is 42.5. The van der Waals surface area contributed by atoms with Crippen molar-refractivity contribution >= 4 is 29.2 Å². The Morgan fingerprint density at radius 1 is 1.07 bits per heavy atom. The molecule has 0 aliphatic carbocycles. The number of fused-ring (bicyclic) bond motifs is 1. The van der Waals surface area contributed by atoms with Crippen LogP contribution in [0.3, 0.4) is 0 Å². The average Bonchev–Trinajstić information content (AvgIpc) is 3.04. The number of nitrogens with one attached hydrogen (secondary N) is 2. The summed E-state index contributed by atoms with van der Waals surface area (Å²) in [5.74, 6) is 0.692. The number of urea groups is 1. The van der Waals surface area contributed by atoms with Gasteiger partial charge in [-0.3, -0.25) is 9.59 Å². The number of ether oxygens (including phenoxy) is 2. The predicted octanol–water partition coefficient (Wildman–Crippen LogP) is 4.19. The van der Waals surface area contributed by atoms with Gasteiger partial charge in [0.25, 0.3) is 0 Å². The quantitative estimate of drug-likeness (QED) is 0.345. The van der Waals surface area contributed by atoms with Crippen LogP contribution in [0.1, 0.15) is 25.0 Å². The standard InChI is InChI=1S/C33H40N4O6/c1-22-19-37(23(2)21-38)32(40)18-25-17-27(34-31(39)16-24-8-6-5-7-9-24)12-15-29(25)43-30(22)20-36(3)33(41)35-26-10-13-28(42-4)14-11-26/h5-15,17,22-23,30,38H,16,18-21H2,1-4H3,(H,34,39)(H,35,41)/t22-,23-,30-/m1/s1. The van der Waals surface area contributed by atoms with Gasteiger partial charge in [-0.1, -0.05) is 37.3 Å². The molecule has 1 heterocycles. The molecule has 3 aromatic rings. The third-order valence-electron chi connectivity index (χ3n) is 7.55. The molecule has 0 saturated carbocycles. The molecule has 3 atom stereocenters. The van der Waals surface area contributed by atoms with E-state index in [1.165, 1.54) is 0 Å². The molecule has 0 spiro atoms. The van der Waals surface area contributed by atoms with Gasteiger partial charge in [-0.2, -0.15) is 0 Å². The third kappa shape index (κ3) is 8.48. The number of methoxy groups -OCH3 is 1. The molecule has 0 saturated heterocycles. The Kier molecular flexibility index (Phi) is 10.6. The third-order valence-corrected chi connectivity index (χ3v) is 7.55. The van der Waals surface area contributed by atoms with Gasteiger partial charge in [0.15, 0.2) is 0 Å². The first kappa shape index (κ1) is 31.4. The maximum Gasteiger partial charge on any atom is 0.321 e. The van der Waals surface area contributed by atoms with Gasteiger partial charge in [-0.25, -0.2) is 4.79 Å². The fourth-order valence-corrected chi connectivity index (χ4v) is 4.96. The molecule has 0 aromatic heterocycles. The summed E-state index contributed by atoms with van der Waals surface area (Å²) >= 11 is 0. The van der Waals surface area contributed by atoms with E-state index >= 15 is 0 Å². The maximum atomic E-state index is 13.5. The minimum atomic E-state index is -0.469. The Morgan fingerprint density at radius 3 is 2.44 bits per heavy atom.